The van der Waals surface area contributed by atoms with Crippen molar-refractivity contribution in [2.24, 2.45) is 4.99 Å². The molecule has 0 bridgehead atoms. The molecule has 0 aliphatic carbocycles. The van der Waals surface area contributed by atoms with Gasteiger partial charge in [0.25, 0.3) is 0 Å². The Balaban J connectivity index is 1.52. The second-order valence-electron chi connectivity index (χ2n) is 10.4. The average Bonchev–Trinajstić information content (AvgIpc) is 3.27. The molecule has 1 saturated heterocycles. The Bertz CT molecular complexity index is 1710. The van der Waals surface area contributed by atoms with E-state index in [4.69, 9.17) is 16.6 Å². The molecule has 1 aromatic heterocycles. The number of rotatable bonds is 6. The van der Waals surface area contributed by atoms with E-state index in [0.717, 1.165) is 31.9 Å². The maximum absolute atomic E-state index is 13.0. The van der Waals surface area contributed by atoms with E-state index < -0.39 is 0 Å². The van der Waals surface area contributed by atoms with Gasteiger partial charge in [0.1, 0.15) is 0 Å². The number of carbonyl (C=O) groups is 2. The molecular weight excluding hydrogens is 552 g/mol. The monoisotopic (exact) mass is 582 g/mol. The lowest BCUT2D eigenvalue weighted by Crippen LogP contribution is -2.48. The number of piperazine rings is 1. The number of halogens is 1. The highest BCUT2D eigenvalue weighted by atomic mass is 35.5. The molecule has 1 aliphatic heterocycles. The minimum Gasteiger partial charge on any atom is -0.494 e. The highest BCUT2D eigenvalue weighted by Gasteiger charge is 2.25. The number of carbonyl (C=O) groups excluding carboxylic acids is 2. The Morgan fingerprint density at radius 3 is 2.31 bits per heavy atom. The second-order valence-corrected chi connectivity index (χ2v) is 10.8. The molecular formula is C32H31ClN6O3. The molecule has 0 radical (unpaired) electrons. The second kappa shape index (κ2) is 12.2. The number of aliphatic imine (C=N–C) groups is 1. The minimum absolute atomic E-state index is 0.00898. The van der Waals surface area contributed by atoms with Gasteiger partial charge in [0.15, 0.2) is 0 Å². The van der Waals surface area contributed by atoms with E-state index in [0.29, 0.717) is 50.6 Å². The van der Waals surface area contributed by atoms with Crippen LogP contribution in [0.25, 0.3) is 10.9 Å². The van der Waals surface area contributed by atoms with E-state index in [1.54, 1.807) is 66.5 Å². The van der Waals surface area contributed by atoms with E-state index in [2.05, 4.69) is 22.9 Å². The third kappa shape index (κ3) is 5.92. The number of hydrogen-bond donors (Lipinski definition) is 1. The summed E-state index contributed by atoms with van der Waals surface area (Å²) in [6.07, 6.45) is 0. The van der Waals surface area contributed by atoms with Gasteiger partial charge >= 0.3 is 0 Å². The van der Waals surface area contributed by atoms with Crippen molar-refractivity contribution in [1.29, 1.82) is 5.26 Å². The van der Waals surface area contributed by atoms with Gasteiger partial charge < -0.3 is 14.9 Å². The van der Waals surface area contributed by atoms with Crippen LogP contribution in [0, 0.1) is 11.3 Å². The first kappa shape index (κ1) is 29.0. The van der Waals surface area contributed by atoms with Crippen molar-refractivity contribution in [1.82, 2.24) is 14.4 Å². The molecule has 0 unspecified atom stereocenters. The SMILES string of the molecule is CC(=O)n1c(O)c(C(=Nc2ccc(N(C)C(=O)CN3CCN(C)CC3)cc2)c2ccc(C#N)cc2)c2ccc(Cl)cc21. The van der Waals surface area contributed by atoms with Gasteiger partial charge in [-0.25, -0.2) is 4.99 Å². The number of nitriles is 1. The molecule has 1 amide bonds. The van der Waals surface area contributed by atoms with Crippen LogP contribution < -0.4 is 4.90 Å². The zero-order valence-corrected chi connectivity index (χ0v) is 24.5. The van der Waals surface area contributed by atoms with Crippen LogP contribution in [0.1, 0.15) is 28.4 Å². The molecule has 1 fully saturated rings. The van der Waals surface area contributed by atoms with Crippen LogP contribution in [0.3, 0.4) is 0 Å². The first-order valence-corrected chi connectivity index (χ1v) is 13.9. The van der Waals surface area contributed by atoms with Crippen molar-refractivity contribution in [2.75, 3.05) is 51.7 Å². The van der Waals surface area contributed by atoms with Crippen molar-refractivity contribution in [3.63, 3.8) is 0 Å². The van der Waals surface area contributed by atoms with E-state index in [1.807, 2.05) is 12.1 Å². The Kier molecular flexibility index (Phi) is 8.41. The van der Waals surface area contributed by atoms with Gasteiger partial charge in [-0.05, 0) is 55.6 Å². The van der Waals surface area contributed by atoms with Crippen LogP contribution in [0.15, 0.2) is 71.7 Å². The van der Waals surface area contributed by atoms with Crippen LogP contribution in [0.4, 0.5) is 11.4 Å². The number of aromatic hydroxyl groups is 1. The minimum atomic E-state index is -0.376. The topological polar surface area (TPSA) is 105 Å². The third-order valence-electron chi connectivity index (χ3n) is 7.55. The molecule has 214 valence electrons. The van der Waals surface area contributed by atoms with Gasteiger partial charge in [-0.2, -0.15) is 5.26 Å². The molecule has 3 aromatic carbocycles. The highest BCUT2D eigenvalue weighted by Crippen LogP contribution is 2.36. The fourth-order valence-corrected chi connectivity index (χ4v) is 5.26. The summed E-state index contributed by atoms with van der Waals surface area (Å²) in [4.78, 5) is 36.5. The fraction of sp³-hybridized carbons (Fsp3) is 0.250. The highest BCUT2D eigenvalue weighted by molar-refractivity contribution is 6.32. The van der Waals surface area contributed by atoms with Crippen molar-refractivity contribution in [3.8, 4) is 11.9 Å². The molecule has 5 rings (SSSR count). The lowest BCUT2D eigenvalue weighted by molar-refractivity contribution is -0.119. The molecule has 0 spiro atoms. The maximum Gasteiger partial charge on any atom is 0.240 e. The van der Waals surface area contributed by atoms with Gasteiger partial charge in [-0.3, -0.25) is 19.1 Å². The van der Waals surface area contributed by atoms with Crippen LogP contribution in [0.5, 0.6) is 5.88 Å². The number of fused-ring (bicyclic) bond motifs is 1. The smallest absolute Gasteiger partial charge is 0.240 e. The summed E-state index contributed by atoms with van der Waals surface area (Å²) >= 11 is 6.24. The van der Waals surface area contributed by atoms with Crippen LogP contribution in [0.2, 0.25) is 5.02 Å². The molecule has 2 heterocycles. The Hall–Kier alpha value is -4.49. The first-order chi connectivity index (χ1) is 20.2. The summed E-state index contributed by atoms with van der Waals surface area (Å²) in [5.74, 6) is -0.623. The van der Waals surface area contributed by atoms with Crippen molar-refractivity contribution < 1.29 is 14.7 Å². The average molecular weight is 583 g/mol. The number of likely N-dealkylation sites (N-methyl/N-ethyl adjacent to an activating group) is 2. The maximum atomic E-state index is 13.0. The first-order valence-electron chi connectivity index (χ1n) is 13.6. The van der Waals surface area contributed by atoms with E-state index in [1.165, 1.54) is 11.5 Å². The number of anilines is 1. The third-order valence-corrected chi connectivity index (χ3v) is 7.79. The van der Waals surface area contributed by atoms with Crippen LogP contribution in [-0.2, 0) is 4.79 Å². The van der Waals surface area contributed by atoms with Crippen molar-refractivity contribution in [3.05, 3.63) is 88.4 Å². The number of amides is 1. The molecule has 4 aromatic rings. The van der Waals surface area contributed by atoms with Gasteiger partial charge in [0.2, 0.25) is 17.7 Å². The number of nitrogens with zero attached hydrogens (tertiary/aromatic N) is 6. The largest absolute Gasteiger partial charge is 0.494 e. The number of aromatic nitrogens is 1. The lowest BCUT2D eigenvalue weighted by atomic mass is 10.00. The zero-order chi connectivity index (χ0) is 30.0. The molecule has 0 saturated carbocycles. The van der Waals surface area contributed by atoms with E-state index in [9.17, 15) is 20.0 Å². The fourth-order valence-electron chi connectivity index (χ4n) is 5.09. The van der Waals surface area contributed by atoms with Crippen LogP contribution in [-0.4, -0.2) is 83.8 Å². The summed E-state index contributed by atoms with van der Waals surface area (Å²) < 4.78 is 1.21. The van der Waals surface area contributed by atoms with Gasteiger partial charge in [0.05, 0.1) is 40.7 Å². The van der Waals surface area contributed by atoms with E-state index in [-0.39, 0.29) is 17.7 Å². The summed E-state index contributed by atoms with van der Waals surface area (Å²) in [6.45, 7) is 5.33. The summed E-state index contributed by atoms with van der Waals surface area (Å²) in [5.41, 5.74) is 3.68. The Morgan fingerprint density at radius 1 is 1.02 bits per heavy atom. The Morgan fingerprint density at radius 2 is 1.69 bits per heavy atom. The predicted molar refractivity (Wildman–Crippen MR) is 165 cm³/mol. The van der Waals surface area contributed by atoms with E-state index >= 15 is 0 Å². The molecule has 0 atom stereocenters. The van der Waals surface area contributed by atoms with Gasteiger partial charge in [0, 0.05) is 61.8 Å². The van der Waals surface area contributed by atoms with Gasteiger partial charge in [-0.1, -0.05) is 29.8 Å². The van der Waals surface area contributed by atoms with Crippen LogP contribution >= 0.6 is 11.6 Å². The van der Waals surface area contributed by atoms with Crippen molar-refractivity contribution in [2.45, 2.75) is 6.92 Å². The standard InChI is InChI=1S/C32H31ClN6O3/c1-21(40)39-28-18-24(33)8-13-27(28)30(32(39)42)31(23-6-4-22(19-34)5-7-23)35-25-9-11-26(12-10-25)37(3)29(41)20-38-16-14-36(2)15-17-38/h4-13,18,42H,14-17,20H2,1-3H3. The number of benzene rings is 3. The zero-order valence-electron chi connectivity index (χ0n) is 23.7. The molecule has 42 heavy (non-hydrogen) atoms. The summed E-state index contributed by atoms with van der Waals surface area (Å²) in [5, 5.41) is 21.7. The molecule has 10 heteroatoms. The van der Waals surface area contributed by atoms with Gasteiger partial charge in [-0.15, -0.1) is 0 Å². The van der Waals surface area contributed by atoms with Crippen molar-refractivity contribution >= 4 is 51.4 Å². The Labute approximate surface area is 249 Å². The lowest BCUT2D eigenvalue weighted by Gasteiger charge is -2.32. The normalized spacial score (nSPS) is 14.6. The summed E-state index contributed by atoms with van der Waals surface area (Å²) in [7, 11) is 3.85. The molecule has 9 nitrogen and oxygen atoms in total. The molecule has 1 aliphatic rings. The number of hydrogen-bond acceptors (Lipinski definition) is 7. The molecule has 1 N–H and O–H groups in total. The summed E-state index contributed by atoms with van der Waals surface area (Å²) in [6, 6.07) is 21.3. The quantitative estimate of drug-likeness (QED) is 0.324. The predicted octanol–water partition coefficient (Wildman–Crippen LogP) is 4.91.